The van der Waals surface area contributed by atoms with Gasteiger partial charge in [0.25, 0.3) is 11.5 Å². The summed E-state index contributed by atoms with van der Waals surface area (Å²) in [5.74, 6) is -1.09. The summed E-state index contributed by atoms with van der Waals surface area (Å²) in [4.78, 5) is 41.0. The highest BCUT2D eigenvalue weighted by Crippen LogP contribution is 2.25. The number of ether oxygens (including phenoxy) is 2. The van der Waals surface area contributed by atoms with Crippen LogP contribution >= 0.6 is 0 Å². The highest BCUT2D eigenvalue weighted by Gasteiger charge is 2.31. The molecule has 4 heterocycles. The van der Waals surface area contributed by atoms with E-state index in [-0.39, 0.29) is 35.6 Å². The molecule has 3 aliphatic rings. The van der Waals surface area contributed by atoms with Gasteiger partial charge in [0.1, 0.15) is 5.65 Å². The molecule has 0 radical (unpaired) electrons. The Hall–Kier alpha value is -3.18. The van der Waals surface area contributed by atoms with Crippen LogP contribution in [0, 0.1) is 5.92 Å². The normalized spacial score (nSPS) is 23.4. The van der Waals surface area contributed by atoms with E-state index in [2.05, 4.69) is 10.4 Å². The van der Waals surface area contributed by atoms with E-state index >= 15 is 0 Å². The van der Waals surface area contributed by atoms with Gasteiger partial charge in [-0.1, -0.05) is 0 Å². The quantitative estimate of drug-likeness (QED) is 0.571. The third-order valence-electron chi connectivity index (χ3n) is 6.97. The molecule has 0 bridgehead atoms. The monoisotopic (exact) mass is 499 g/mol. The van der Waals surface area contributed by atoms with Crippen LogP contribution in [0.2, 0.25) is 0 Å². The van der Waals surface area contributed by atoms with Gasteiger partial charge in [-0.2, -0.15) is 9.61 Å². The lowest BCUT2D eigenvalue weighted by atomic mass is 10.00. The number of hydrogen-bond donors (Lipinski definition) is 2. The Bertz CT molecular complexity index is 1230. The third kappa shape index (κ3) is 5.03. The standard InChI is InChI=1S/C25H33N5O6/c1-15-12-28(13-16(2)36-15)20(31)6-3-18-11-26-30-23(18)29(14-17-7-9-35-10-8-17)24(33)21(25(30)34)22(32)27-19-4-5-19/h3,6,11,15-17,19,34H,4-5,7-10,12-14H2,1-2H3,(H,27,32)/b6-3+/t15-,16+. The number of hydrogen-bond acceptors (Lipinski definition) is 7. The molecule has 0 aromatic carbocycles. The highest BCUT2D eigenvalue weighted by atomic mass is 16.5. The van der Waals surface area contributed by atoms with Crippen LogP contribution < -0.4 is 10.9 Å². The molecule has 11 nitrogen and oxygen atoms in total. The summed E-state index contributed by atoms with van der Waals surface area (Å²) in [5.41, 5.74) is -0.0274. The SMILES string of the molecule is C[C@@H]1CN(C(=O)/C=C/c2cnn3c(O)c(C(=O)NC4CC4)c(=O)n(CC4CCOCC4)c23)C[C@H](C)O1. The molecule has 2 aliphatic heterocycles. The fourth-order valence-electron chi connectivity index (χ4n) is 4.99. The van der Waals surface area contributed by atoms with Gasteiger partial charge in [0.05, 0.1) is 18.4 Å². The van der Waals surface area contributed by atoms with E-state index in [4.69, 9.17) is 9.47 Å². The molecule has 2 amide bonds. The first-order chi connectivity index (χ1) is 17.3. The predicted octanol–water partition coefficient (Wildman–Crippen LogP) is 1.17. The van der Waals surface area contributed by atoms with Crippen LogP contribution in [0.1, 0.15) is 55.5 Å². The van der Waals surface area contributed by atoms with Gasteiger partial charge in [0.15, 0.2) is 5.56 Å². The molecule has 1 saturated carbocycles. The van der Waals surface area contributed by atoms with Crippen LogP contribution in [-0.4, -0.2) is 80.6 Å². The largest absolute Gasteiger partial charge is 0.492 e. The molecule has 2 N–H and O–H groups in total. The summed E-state index contributed by atoms with van der Waals surface area (Å²) in [7, 11) is 0. The molecule has 2 aromatic heterocycles. The lowest BCUT2D eigenvalue weighted by Crippen LogP contribution is -2.47. The van der Waals surface area contributed by atoms with Crippen molar-refractivity contribution in [2.24, 2.45) is 5.92 Å². The maximum absolute atomic E-state index is 13.6. The van der Waals surface area contributed by atoms with E-state index in [0.717, 1.165) is 25.7 Å². The molecule has 3 fully saturated rings. The van der Waals surface area contributed by atoms with Crippen molar-refractivity contribution in [3.05, 3.63) is 33.8 Å². The van der Waals surface area contributed by atoms with Crippen molar-refractivity contribution in [1.29, 1.82) is 0 Å². The Morgan fingerprint density at radius 3 is 2.53 bits per heavy atom. The average molecular weight is 500 g/mol. The summed E-state index contributed by atoms with van der Waals surface area (Å²) in [6.45, 7) is 6.43. The van der Waals surface area contributed by atoms with Gasteiger partial charge in [-0.15, -0.1) is 0 Å². The maximum Gasteiger partial charge on any atom is 0.270 e. The van der Waals surface area contributed by atoms with Gasteiger partial charge in [0.2, 0.25) is 11.8 Å². The van der Waals surface area contributed by atoms with Crippen LogP contribution in [0.15, 0.2) is 17.1 Å². The minimum absolute atomic E-state index is 0.0312. The smallest absolute Gasteiger partial charge is 0.270 e. The van der Waals surface area contributed by atoms with Gasteiger partial charge in [-0.25, -0.2) is 0 Å². The first-order valence-electron chi connectivity index (χ1n) is 12.7. The zero-order valence-electron chi connectivity index (χ0n) is 20.7. The van der Waals surface area contributed by atoms with E-state index < -0.39 is 17.3 Å². The number of rotatable bonds is 6. The number of aromatic hydroxyl groups is 1. The fraction of sp³-hybridized carbons (Fsp3) is 0.600. The molecule has 0 unspecified atom stereocenters. The number of fused-ring (bicyclic) bond motifs is 1. The summed E-state index contributed by atoms with van der Waals surface area (Å²) >= 11 is 0. The third-order valence-corrected chi connectivity index (χ3v) is 6.97. The molecule has 1 aliphatic carbocycles. The summed E-state index contributed by atoms with van der Waals surface area (Å²) < 4.78 is 13.9. The van der Waals surface area contributed by atoms with Crippen molar-refractivity contribution in [2.75, 3.05) is 26.3 Å². The Morgan fingerprint density at radius 1 is 1.17 bits per heavy atom. The van der Waals surface area contributed by atoms with Crippen LogP contribution in [0.25, 0.3) is 11.7 Å². The molecule has 2 atom stereocenters. The number of nitrogens with zero attached hydrogens (tertiary/aromatic N) is 4. The average Bonchev–Trinajstić information content (AvgIpc) is 3.55. The molecular weight excluding hydrogens is 466 g/mol. The maximum atomic E-state index is 13.6. The predicted molar refractivity (Wildman–Crippen MR) is 131 cm³/mol. The van der Waals surface area contributed by atoms with Gasteiger partial charge >= 0.3 is 0 Å². The van der Waals surface area contributed by atoms with Crippen LogP contribution in [0.4, 0.5) is 0 Å². The lowest BCUT2D eigenvalue weighted by molar-refractivity contribution is -0.137. The summed E-state index contributed by atoms with van der Waals surface area (Å²) in [6, 6.07) is 0.0312. The molecule has 2 aromatic rings. The number of amides is 2. The second-order valence-electron chi connectivity index (χ2n) is 10.1. The van der Waals surface area contributed by atoms with E-state index in [1.54, 1.807) is 11.0 Å². The molecule has 194 valence electrons. The van der Waals surface area contributed by atoms with E-state index in [1.807, 2.05) is 13.8 Å². The Morgan fingerprint density at radius 2 is 1.86 bits per heavy atom. The van der Waals surface area contributed by atoms with Crippen LogP contribution in [0.3, 0.4) is 0 Å². The minimum atomic E-state index is -0.596. The van der Waals surface area contributed by atoms with E-state index in [1.165, 1.54) is 21.4 Å². The Kier molecular flexibility index (Phi) is 6.85. The summed E-state index contributed by atoms with van der Waals surface area (Å²) in [5, 5.41) is 18.0. The molecule has 5 rings (SSSR count). The first kappa shape index (κ1) is 24.5. The van der Waals surface area contributed by atoms with Crippen molar-refractivity contribution in [1.82, 2.24) is 24.4 Å². The van der Waals surface area contributed by atoms with Crippen molar-refractivity contribution < 1.29 is 24.2 Å². The zero-order valence-corrected chi connectivity index (χ0v) is 20.7. The molecule has 2 saturated heterocycles. The van der Waals surface area contributed by atoms with Gasteiger partial charge in [-0.3, -0.25) is 19.0 Å². The lowest BCUT2D eigenvalue weighted by Gasteiger charge is -2.34. The number of morpholine rings is 1. The zero-order chi connectivity index (χ0) is 25.4. The van der Waals surface area contributed by atoms with Crippen molar-refractivity contribution in [3.8, 4) is 5.88 Å². The van der Waals surface area contributed by atoms with Gasteiger partial charge < -0.3 is 24.8 Å². The fourth-order valence-corrected chi connectivity index (χ4v) is 4.99. The minimum Gasteiger partial charge on any atom is -0.492 e. The van der Waals surface area contributed by atoms with E-state index in [0.29, 0.717) is 44.1 Å². The highest BCUT2D eigenvalue weighted by molar-refractivity contribution is 5.97. The Balaban J connectivity index is 1.52. The van der Waals surface area contributed by atoms with Gasteiger partial charge in [0, 0.05) is 50.5 Å². The van der Waals surface area contributed by atoms with Crippen molar-refractivity contribution in [2.45, 2.75) is 64.3 Å². The number of carbonyl (C=O) groups excluding carboxylic acids is 2. The molecule has 0 spiro atoms. The number of nitrogens with one attached hydrogen (secondary N) is 1. The number of aromatic nitrogens is 3. The second kappa shape index (κ2) is 10.1. The number of carbonyl (C=O) groups is 2. The van der Waals surface area contributed by atoms with Gasteiger partial charge in [-0.05, 0) is 51.5 Å². The Labute approximate surface area is 208 Å². The van der Waals surface area contributed by atoms with Crippen LogP contribution in [0.5, 0.6) is 5.88 Å². The molecule has 36 heavy (non-hydrogen) atoms. The second-order valence-corrected chi connectivity index (χ2v) is 10.1. The molecule has 11 heteroatoms. The van der Waals surface area contributed by atoms with Crippen molar-refractivity contribution >= 4 is 23.5 Å². The van der Waals surface area contributed by atoms with Crippen molar-refractivity contribution in [3.63, 3.8) is 0 Å². The summed E-state index contributed by atoms with van der Waals surface area (Å²) in [6.07, 6.45) is 7.74. The van der Waals surface area contributed by atoms with E-state index in [9.17, 15) is 19.5 Å². The first-order valence-corrected chi connectivity index (χ1v) is 12.7. The topological polar surface area (TPSA) is 127 Å². The molecular formula is C25H33N5O6. The van der Waals surface area contributed by atoms with Crippen LogP contribution in [-0.2, 0) is 20.8 Å².